The topological polar surface area (TPSA) is 36.7 Å². The van der Waals surface area contributed by atoms with E-state index in [-0.39, 0.29) is 0 Å². The molecule has 1 atom stereocenters. The van der Waals surface area contributed by atoms with Crippen LogP contribution in [0.5, 0.6) is 0 Å². The second kappa shape index (κ2) is 8.88. The first-order valence-electron chi connectivity index (χ1n) is 11.8. The highest BCUT2D eigenvalue weighted by Gasteiger charge is 2.48. The van der Waals surface area contributed by atoms with Crippen LogP contribution >= 0.6 is 11.3 Å². The van der Waals surface area contributed by atoms with Crippen molar-refractivity contribution in [1.29, 1.82) is 5.26 Å². The van der Waals surface area contributed by atoms with Crippen LogP contribution in [-0.2, 0) is 5.41 Å². The van der Waals surface area contributed by atoms with E-state index in [0.29, 0.717) is 11.5 Å². The quantitative estimate of drug-likeness (QED) is 0.256. The molecule has 5 aromatic rings. The normalized spacial score (nSPS) is 14.5. The van der Waals surface area contributed by atoms with Crippen molar-refractivity contribution in [1.82, 2.24) is 4.98 Å². The molecule has 1 heterocycles. The lowest BCUT2D eigenvalue weighted by atomic mass is 9.74. The predicted molar refractivity (Wildman–Crippen MR) is 143 cm³/mol. The average molecular weight is 467 g/mol. The number of rotatable bonds is 4. The van der Waals surface area contributed by atoms with E-state index in [1.807, 2.05) is 36.0 Å². The summed E-state index contributed by atoms with van der Waals surface area (Å²) in [6.45, 7) is 0. The number of benzene rings is 4. The molecule has 0 saturated heterocycles. The summed E-state index contributed by atoms with van der Waals surface area (Å²) in [5, 5.41) is 12.3. The van der Waals surface area contributed by atoms with E-state index >= 15 is 0 Å². The van der Waals surface area contributed by atoms with Crippen molar-refractivity contribution < 1.29 is 0 Å². The molecular weight excluding hydrogens is 444 g/mol. The number of fused-ring (bicyclic) bond motifs is 1. The van der Waals surface area contributed by atoms with Gasteiger partial charge in [0.15, 0.2) is 0 Å². The number of aromatic nitrogens is 1. The Balaban J connectivity index is 1.61. The Labute approximate surface area is 209 Å². The van der Waals surface area contributed by atoms with Crippen LogP contribution in [0.1, 0.15) is 34.4 Å². The van der Waals surface area contributed by atoms with Gasteiger partial charge >= 0.3 is 0 Å². The predicted octanol–water partition coefficient (Wildman–Crippen LogP) is 7.58. The van der Waals surface area contributed by atoms with Crippen molar-refractivity contribution in [3.63, 3.8) is 0 Å². The van der Waals surface area contributed by atoms with Gasteiger partial charge in [0.1, 0.15) is 0 Å². The minimum atomic E-state index is -0.454. The summed E-state index contributed by atoms with van der Waals surface area (Å²) in [5.74, 6) is 7.62. The number of thiazole rings is 1. The molecular formula is C32H22N2S. The van der Waals surface area contributed by atoms with E-state index in [9.17, 15) is 5.26 Å². The summed E-state index contributed by atoms with van der Waals surface area (Å²) in [6, 6.07) is 33.5. The molecule has 0 N–H and O–H groups in total. The molecule has 2 nitrogen and oxygen atoms in total. The molecule has 1 fully saturated rings. The summed E-state index contributed by atoms with van der Waals surface area (Å²) < 4.78 is 0. The third kappa shape index (κ3) is 3.81. The first kappa shape index (κ1) is 21.4. The van der Waals surface area contributed by atoms with Gasteiger partial charge in [0.05, 0.1) is 22.6 Å². The maximum absolute atomic E-state index is 10.0. The van der Waals surface area contributed by atoms with E-state index < -0.39 is 5.41 Å². The van der Waals surface area contributed by atoms with Gasteiger partial charge in [-0.25, -0.2) is 0 Å². The van der Waals surface area contributed by atoms with Crippen LogP contribution in [0.3, 0.4) is 0 Å². The molecule has 3 heteroatoms. The molecule has 0 aliphatic heterocycles. The molecule has 0 bridgehead atoms. The van der Waals surface area contributed by atoms with Crippen molar-refractivity contribution in [2.45, 2.75) is 18.3 Å². The van der Waals surface area contributed by atoms with Gasteiger partial charge in [-0.1, -0.05) is 78.6 Å². The molecule has 1 aromatic heterocycles. The number of hydrogen-bond acceptors (Lipinski definition) is 3. The van der Waals surface area contributed by atoms with Crippen molar-refractivity contribution >= 4 is 22.1 Å². The van der Waals surface area contributed by atoms with Gasteiger partial charge in [-0.15, -0.1) is 11.3 Å². The fraction of sp³-hybridized carbons (Fsp3) is 0.125. The smallest absolute Gasteiger partial charge is 0.0998 e. The molecule has 4 aromatic carbocycles. The van der Waals surface area contributed by atoms with Crippen LogP contribution < -0.4 is 0 Å². The Morgan fingerprint density at radius 2 is 1.66 bits per heavy atom. The number of hydrogen-bond donors (Lipinski definition) is 0. The second-order valence-corrected chi connectivity index (χ2v) is 9.85. The molecule has 1 unspecified atom stereocenters. The SMILES string of the molecule is N#Cc1ccc(C(C#Cc2ccccc2)(c2cncs2)C2CC2)cc1-c1cccc2ccccc12. The summed E-state index contributed by atoms with van der Waals surface area (Å²) in [6.07, 6.45) is 4.23. The first-order valence-corrected chi connectivity index (χ1v) is 12.7. The summed E-state index contributed by atoms with van der Waals surface area (Å²) >= 11 is 1.66. The Morgan fingerprint density at radius 3 is 2.43 bits per heavy atom. The van der Waals surface area contributed by atoms with Gasteiger partial charge in [-0.2, -0.15) is 5.26 Å². The van der Waals surface area contributed by atoms with Crippen LogP contribution in [0.4, 0.5) is 0 Å². The maximum Gasteiger partial charge on any atom is 0.0998 e. The fourth-order valence-corrected chi connectivity index (χ4v) is 5.88. The van der Waals surface area contributed by atoms with Crippen LogP contribution in [0, 0.1) is 29.1 Å². The van der Waals surface area contributed by atoms with Crippen molar-refractivity contribution in [3.05, 3.63) is 124 Å². The average Bonchev–Trinajstić information content (AvgIpc) is 3.63. The fourth-order valence-electron chi connectivity index (χ4n) is 5.00. The van der Waals surface area contributed by atoms with Gasteiger partial charge in [0.2, 0.25) is 0 Å². The Kier molecular flexibility index (Phi) is 5.42. The van der Waals surface area contributed by atoms with Gasteiger partial charge in [0.25, 0.3) is 0 Å². The minimum absolute atomic E-state index is 0.424. The highest BCUT2D eigenvalue weighted by atomic mass is 32.1. The lowest BCUT2D eigenvalue weighted by Gasteiger charge is -2.29. The molecule has 35 heavy (non-hydrogen) atoms. The highest BCUT2D eigenvalue weighted by molar-refractivity contribution is 7.09. The van der Waals surface area contributed by atoms with Crippen LogP contribution in [0.2, 0.25) is 0 Å². The van der Waals surface area contributed by atoms with Crippen molar-refractivity contribution in [3.8, 4) is 29.0 Å². The van der Waals surface area contributed by atoms with Crippen LogP contribution in [-0.4, -0.2) is 4.98 Å². The molecule has 0 amide bonds. The third-order valence-corrected chi connectivity index (χ3v) is 7.77. The summed E-state index contributed by atoms with van der Waals surface area (Å²) in [7, 11) is 0. The molecule has 166 valence electrons. The van der Waals surface area contributed by atoms with Crippen LogP contribution in [0.15, 0.2) is 103 Å². The molecule has 6 rings (SSSR count). The molecule has 0 spiro atoms. The molecule has 1 saturated carbocycles. The van der Waals surface area contributed by atoms with E-state index in [2.05, 4.69) is 89.6 Å². The lowest BCUT2D eigenvalue weighted by Crippen LogP contribution is -2.28. The second-order valence-electron chi connectivity index (χ2n) is 8.96. The minimum Gasteiger partial charge on any atom is -0.253 e. The third-order valence-electron chi connectivity index (χ3n) is 6.86. The van der Waals surface area contributed by atoms with Gasteiger partial charge in [-0.05, 0) is 64.9 Å². The van der Waals surface area contributed by atoms with Gasteiger partial charge < -0.3 is 0 Å². The number of nitriles is 1. The summed E-state index contributed by atoms with van der Waals surface area (Å²) in [5.41, 5.74) is 6.29. The molecule has 0 radical (unpaired) electrons. The van der Waals surface area contributed by atoms with E-state index in [4.69, 9.17) is 0 Å². The van der Waals surface area contributed by atoms with E-state index in [1.54, 1.807) is 11.3 Å². The van der Waals surface area contributed by atoms with Crippen molar-refractivity contribution in [2.24, 2.45) is 5.92 Å². The zero-order valence-electron chi connectivity index (χ0n) is 19.1. The number of nitrogens with zero attached hydrogens (tertiary/aromatic N) is 2. The van der Waals surface area contributed by atoms with Gasteiger partial charge in [-0.3, -0.25) is 4.98 Å². The zero-order valence-corrected chi connectivity index (χ0v) is 19.9. The van der Waals surface area contributed by atoms with Crippen molar-refractivity contribution in [2.75, 3.05) is 0 Å². The highest BCUT2D eigenvalue weighted by Crippen LogP contribution is 2.53. The van der Waals surface area contributed by atoms with E-state index in [0.717, 1.165) is 45.4 Å². The largest absolute Gasteiger partial charge is 0.253 e. The zero-order chi connectivity index (χ0) is 23.7. The van der Waals surface area contributed by atoms with Gasteiger partial charge in [0, 0.05) is 22.2 Å². The molecule has 1 aliphatic carbocycles. The Morgan fingerprint density at radius 1 is 0.857 bits per heavy atom. The summed E-state index contributed by atoms with van der Waals surface area (Å²) in [4.78, 5) is 5.60. The molecule has 1 aliphatic rings. The maximum atomic E-state index is 10.0. The Hall–Kier alpha value is -4.18. The first-order chi connectivity index (χ1) is 17.3. The Bertz CT molecular complexity index is 1610. The standard InChI is InChI=1S/C32H22N2S/c33-20-25-13-14-27(19-30(25)29-12-6-10-24-9-4-5-11-28(24)29)32(26-15-16-26,31-21-34-22-35-31)18-17-23-7-2-1-3-8-23/h1-14,19,21-22,26H,15-16H2. The lowest BCUT2D eigenvalue weighted by molar-refractivity contribution is 0.587. The van der Waals surface area contributed by atoms with Crippen LogP contribution in [0.25, 0.3) is 21.9 Å². The monoisotopic (exact) mass is 466 g/mol. The van der Waals surface area contributed by atoms with E-state index in [1.165, 1.54) is 5.39 Å².